The first-order chi connectivity index (χ1) is 20.8. The number of hydrogen-bond donors (Lipinski definition) is 3. The van der Waals surface area contributed by atoms with Gasteiger partial charge in [-0.05, 0) is 48.5 Å². The van der Waals surface area contributed by atoms with E-state index >= 15 is 0 Å². The van der Waals surface area contributed by atoms with Crippen LogP contribution in [0.15, 0.2) is 54.6 Å². The summed E-state index contributed by atoms with van der Waals surface area (Å²) in [7, 11) is 1.53. The van der Waals surface area contributed by atoms with Gasteiger partial charge in [-0.25, -0.2) is 9.78 Å². The first-order valence-electron chi connectivity index (χ1n) is 14.2. The summed E-state index contributed by atoms with van der Waals surface area (Å²) in [5.41, 5.74) is 1.45. The average Bonchev–Trinajstić information content (AvgIpc) is 3.49. The molecule has 0 radical (unpaired) electrons. The number of nitrogens with zero attached hydrogens (tertiary/aromatic N) is 4. The van der Waals surface area contributed by atoms with E-state index < -0.39 is 17.5 Å². The Morgan fingerprint density at radius 2 is 1.79 bits per heavy atom. The van der Waals surface area contributed by atoms with E-state index in [0.29, 0.717) is 22.6 Å². The van der Waals surface area contributed by atoms with Crippen molar-refractivity contribution in [1.29, 1.82) is 0 Å². The normalized spacial score (nSPS) is 19.9. The Kier molecular flexibility index (Phi) is 7.38. The Balaban J connectivity index is 1.22. The van der Waals surface area contributed by atoms with E-state index in [2.05, 4.69) is 39.2 Å². The summed E-state index contributed by atoms with van der Waals surface area (Å²) in [5.74, 6) is 6.49. The largest absolute Gasteiger partial charge is 0.506 e. The van der Waals surface area contributed by atoms with Crippen LogP contribution in [0.3, 0.4) is 0 Å². The summed E-state index contributed by atoms with van der Waals surface area (Å²) in [6.45, 7) is 7.01. The van der Waals surface area contributed by atoms with Crippen LogP contribution in [0, 0.1) is 11.8 Å². The molecule has 0 aliphatic carbocycles. The van der Waals surface area contributed by atoms with Crippen LogP contribution in [0.5, 0.6) is 11.5 Å². The topological polar surface area (TPSA) is 127 Å². The summed E-state index contributed by atoms with van der Waals surface area (Å²) < 4.78 is 5.24. The van der Waals surface area contributed by atoms with Gasteiger partial charge in [-0.1, -0.05) is 37.0 Å². The number of aromatic hydroxyl groups is 1. The van der Waals surface area contributed by atoms with Gasteiger partial charge in [0.1, 0.15) is 23.0 Å². The lowest BCUT2D eigenvalue weighted by atomic mass is 9.98. The molecule has 11 nitrogen and oxygen atoms in total. The van der Waals surface area contributed by atoms with Gasteiger partial charge in [0.15, 0.2) is 0 Å². The molecule has 3 aliphatic rings. The molecule has 0 bridgehead atoms. The van der Waals surface area contributed by atoms with E-state index in [1.54, 1.807) is 42.5 Å². The van der Waals surface area contributed by atoms with Crippen LogP contribution in [0.2, 0.25) is 0 Å². The van der Waals surface area contributed by atoms with Gasteiger partial charge in [0, 0.05) is 49.4 Å². The van der Waals surface area contributed by atoms with Crippen LogP contribution >= 0.6 is 0 Å². The Hall–Kier alpha value is -5.08. The number of benzene rings is 2. The van der Waals surface area contributed by atoms with E-state index in [-0.39, 0.29) is 24.7 Å². The first kappa shape index (κ1) is 28.1. The van der Waals surface area contributed by atoms with Gasteiger partial charge in [0.2, 0.25) is 5.54 Å². The van der Waals surface area contributed by atoms with Crippen molar-refractivity contribution in [2.24, 2.45) is 0 Å². The third-order valence-corrected chi connectivity index (χ3v) is 8.15. The molecule has 3 aromatic rings. The zero-order chi connectivity index (χ0) is 30.1. The fourth-order valence-corrected chi connectivity index (χ4v) is 5.63. The van der Waals surface area contributed by atoms with E-state index in [9.17, 15) is 19.5 Å². The Morgan fingerprint density at radius 1 is 1.02 bits per heavy atom. The van der Waals surface area contributed by atoms with Gasteiger partial charge < -0.3 is 29.9 Å². The second kappa shape index (κ2) is 11.3. The van der Waals surface area contributed by atoms with Crippen molar-refractivity contribution >= 4 is 23.7 Å². The summed E-state index contributed by atoms with van der Waals surface area (Å²) in [6.07, 6.45) is 0. The Bertz CT molecular complexity index is 1650. The van der Waals surface area contributed by atoms with E-state index in [1.807, 2.05) is 12.1 Å². The maximum Gasteiger partial charge on any atom is 0.323 e. The third kappa shape index (κ3) is 5.45. The summed E-state index contributed by atoms with van der Waals surface area (Å²) in [4.78, 5) is 49.2. The molecule has 4 heterocycles. The maximum atomic E-state index is 13.2. The highest BCUT2D eigenvalue weighted by atomic mass is 16.5. The van der Waals surface area contributed by atoms with Crippen molar-refractivity contribution in [1.82, 2.24) is 25.4 Å². The van der Waals surface area contributed by atoms with Crippen LogP contribution in [0.25, 0.3) is 11.3 Å². The number of methoxy groups -OCH3 is 1. The maximum absolute atomic E-state index is 13.2. The number of anilines is 1. The number of carbonyl (C=O) groups excluding carboxylic acids is 3. The second-order valence-electron chi connectivity index (χ2n) is 10.8. The number of rotatable bonds is 6. The highest BCUT2D eigenvalue weighted by Gasteiger charge is 2.48. The molecule has 2 fully saturated rings. The molecule has 3 N–H and O–H groups in total. The van der Waals surface area contributed by atoms with Crippen molar-refractivity contribution in [3.8, 4) is 34.6 Å². The molecule has 11 heteroatoms. The van der Waals surface area contributed by atoms with Crippen molar-refractivity contribution in [3.63, 3.8) is 0 Å². The fourth-order valence-electron chi connectivity index (χ4n) is 5.63. The standard InChI is InChI=1S/C32H32N6O5/c1-3-36-14-16-37(17-15-36)27-11-10-26(39)28(33-27)22-6-4-21(5-7-22)12-13-32(30(41)34-31(42)35-32)20-38-19-23-8-9-24(43-2)18-25(23)29(38)40/h4-11,18,39H,3,14-17,19-20H2,1-2H3,(H2,34,35,41,42). The average molecular weight is 581 g/mol. The summed E-state index contributed by atoms with van der Waals surface area (Å²) >= 11 is 0. The lowest BCUT2D eigenvalue weighted by molar-refractivity contribution is -0.122. The molecule has 43 heavy (non-hydrogen) atoms. The monoisotopic (exact) mass is 580 g/mol. The number of likely N-dealkylation sites (N-methyl/N-ethyl adjacent to an activating group) is 1. The molecule has 1 atom stereocenters. The van der Waals surface area contributed by atoms with Gasteiger partial charge in [0.05, 0.1) is 13.7 Å². The minimum Gasteiger partial charge on any atom is -0.506 e. The molecule has 220 valence electrons. The number of amides is 4. The van der Waals surface area contributed by atoms with Crippen molar-refractivity contribution < 1.29 is 24.2 Å². The predicted molar refractivity (Wildman–Crippen MR) is 160 cm³/mol. The van der Waals surface area contributed by atoms with Gasteiger partial charge in [-0.2, -0.15) is 0 Å². The lowest BCUT2D eigenvalue weighted by Crippen LogP contribution is -2.54. The van der Waals surface area contributed by atoms with Crippen LogP contribution in [-0.4, -0.2) is 89.7 Å². The summed E-state index contributed by atoms with van der Waals surface area (Å²) in [5, 5.41) is 15.5. The van der Waals surface area contributed by atoms with Crippen LogP contribution in [-0.2, 0) is 11.3 Å². The van der Waals surface area contributed by atoms with E-state index in [0.717, 1.165) is 49.7 Å². The molecule has 0 saturated carbocycles. The zero-order valence-corrected chi connectivity index (χ0v) is 24.0. The Labute approximate surface area is 249 Å². The molecule has 6 rings (SSSR count). The smallest absolute Gasteiger partial charge is 0.323 e. The molecule has 2 aromatic carbocycles. The number of imide groups is 1. The molecule has 0 spiro atoms. The van der Waals surface area contributed by atoms with E-state index in [1.165, 1.54) is 12.0 Å². The minimum absolute atomic E-state index is 0.0768. The number of aromatic nitrogens is 1. The van der Waals surface area contributed by atoms with Crippen molar-refractivity contribution in [2.45, 2.75) is 19.0 Å². The van der Waals surface area contributed by atoms with Gasteiger partial charge in [-0.3, -0.25) is 14.9 Å². The number of hydrogen-bond acceptors (Lipinski definition) is 8. The fraction of sp³-hybridized carbons (Fsp3) is 0.312. The predicted octanol–water partition coefficient (Wildman–Crippen LogP) is 2.19. The zero-order valence-electron chi connectivity index (χ0n) is 24.0. The SMILES string of the molecule is CCN1CCN(c2ccc(O)c(-c3ccc(C#CC4(CN5Cc6ccc(OC)cc6C5=O)NC(=O)NC4=O)cc3)n2)CC1. The van der Waals surface area contributed by atoms with Gasteiger partial charge in [0.25, 0.3) is 11.8 Å². The quantitative estimate of drug-likeness (QED) is 0.299. The second-order valence-corrected chi connectivity index (χ2v) is 10.8. The molecular weight excluding hydrogens is 548 g/mol. The molecule has 3 aliphatic heterocycles. The third-order valence-electron chi connectivity index (χ3n) is 8.15. The van der Waals surface area contributed by atoms with Crippen molar-refractivity contribution in [3.05, 3.63) is 71.3 Å². The van der Waals surface area contributed by atoms with Crippen LogP contribution < -0.4 is 20.3 Å². The Morgan fingerprint density at radius 3 is 2.47 bits per heavy atom. The van der Waals surface area contributed by atoms with E-state index in [4.69, 9.17) is 9.72 Å². The van der Waals surface area contributed by atoms with Gasteiger partial charge >= 0.3 is 6.03 Å². The number of nitrogens with one attached hydrogen (secondary N) is 2. The van der Waals surface area contributed by atoms with Crippen LogP contribution in [0.4, 0.5) is 10.6 Å². The number of carbonyl (C=O) groups is 3. The molecule has 1 unspecified atom stereocenters. The number of ether oxygens (including phenoxy) is 1. The highest BCUT2D eigenvalue weighted by Crippen LogP contribution is 2.31. The molecular formula is C32H32N6O5. The molecule has 1 aromatic heterocycles. The van der Waals surface area contributed by atoms with Gasteiger partial charge in [-0.15, -0.1) is 0 Å². The number of piperazine rings is 1. The van der Waals surface area contributed by atoms with Crippen molar-refractivity contribution in [2.75, 3.05) is 51.3 Å². The molecule has 2 saturated heterocycles. The minimum atomic E-state index is -1.62. The lowest BCUT2D eigenvalue weighted by Gasteiger charge is -2.34. The number of pyridine rings is 1. The summed E-state index contributed by atoms with van der Waals surface area (Å²) in [6, 6.07) is 15.2. The van der Waals surface area contributed by atoms with Crippen LogP contribution in [0.1, 0.15) is 28.4 Å². The first-order valence-corrected chi connectivity index (χ1v) is 14.2. The molecule has 4 amide bonds. The number of fused-ring (bicyclic) bond motifs is 1. The highest BCUT2D eigenvalue weighted by molar-refractivity contribution is 6.10. The number of urea groups is 1.